The van der Waals surface area contributed by atoms with Crippen molar-refractivity contribution in [2.24, 2.45) is 0 Å². The van der Waals surface area contributed by atoms with Gasteiger partial charge in [-0.3, -0.25) is 4.79 Å². The van der Waals surface area contributed by atoms with Crippen LogP contribution in [-0.4, -0.2) is 27.9 Å². The van der Waals surface area contributed by atoms with Crippen LogP contribution >= 0.6 is 11.6 Å². The second-order valence-electron chi connectivity index (χ2n) is 4.04. The van der Waals surface area contributed by atoms with E-state index in [1.54, 1.807) is 18.2 Å². The van der Waals surface area contributed by atoms with E-state index in [0.717, 1.165) is 5.56 Å². The molecule has 1 saturated heterocycles. The SMILES string of the molecule is O=C(O)C1CCC(=O)N1Cc1cccc(Cl)c1. The molecule has 1 aliphatic heterocycles. The molecule has 1 unspecified atom stereocenters. The highest BCUT2D eigenvalue weighted by atomic mass is 35.5. The molecule has 2 rings (SSSR count). The molecule has 1 aliphatic rings. The molecule has 1 amide bonds. The molecule has 17 heavy (non-hydrogen) atoms. The van der Waals surface area contributed by atoms with Gasteiger partial charge in [-0.15, -0.1) is 0 Å². The Bertz CT molecular complexity index is 461. The van der Waals surface area contributed by atoms with E-state index in [1.165, 1.54) is 4.90 Å². The Morgan fingerprint density at radius 1 is 1.53 bits per heavy atom. The standard InChI is InChI=1S/C12H12ClNO3/c13-9-3-1-2-8(6-9)7-14-10(12(16)17)4-5-11(14)15/h1-3,6,10H,4-5,7H2,(H,16,17). The zero-order valence-electron chi connectivity index (χ0n) is 9.10. The van der Waals surface area contributed by atoms with Gasteiger partial charge in [0, 0.05) is 18.0 Å². The highest BCUT2D eigenvalue weighted by molar-refractivity contribution is 6.30. The van der Waals surface area contributed by atoms with E-state index < -0.39 is 12.0 Å². The van der Waals surface area contributed by atoms with Crippen molar-refractivity contribution >= 4 is 23.5 Å². The Labute approximate surface area is 104 Å². The van der Waals surface area contributed by atoms with Gasteiger partial charge in [0.1, 0.15) is 6.04 Å². The van der Waals surface area contributed by atoms with Crippen LogP contribution in [0.15, 0.2) is 24.3 Å². The molecule has 0 aliphatic carbocycles. The number of carboxylic acids is 1. The Morgan fingerprint density at radius 2 is 2.29 bits per heavy atom. The molecular formula is C12H12ClNO3. The van der Waals surface area contributed by atoms with Crippen LogP contribution in [-0.2, 0) is 16.1 Å². The lowest BCUT2D eigenvalue weighted by Gasteiger charge is -2.21. The normalized spacial score (nSPS) is 19.7. The average Bonchev–Trinajstić information content (AvgIpc) is 2.61. The maximum Gasteiger partial charge on any atom is 0.326 e. The lowest BCUT2D eigenvalue weighted by molar-refractivity contribution is -0.146. The van der Waals surface area contributed by atoms with Gasteiger partial charge in [0.25, 0.3) is 0 Å². The van der Waals surface area contributed by atoms with Crippen molar-refractivity contribution in [2.75, 3.05) is 0 Å². The summed E-state index contributed by atoms with van der Waals surface area (Å²) in [4.78, 5) is 24.0. The molecule has 0 bridgehead atoms. The van der Waals surface area contributed by atoms with E-state index in [2.05, 4.69) is 0 Å². The first kappa shape index (κ1) is 11.9. The molecule has 90 valence electrons. The van der Waals surface area contributed by atoms with Gasteiger partial charge in [-0.2, -0.15) is 0 Å². The molecule has 0 spiro atoms. The Balaban J connectivity index is 2.16. The molecule has 1 N–H and O–H groups in total. The van der Waals surface area contributed by atoms with Crippen LogP contribution in [0.3, 0.4) is 0 Å². The summed E-state index contributed by atoms with van der Waals surface area (Å²) in [7, 11) is 0. The second-order valence-corrected chi connectivity index (χ2v) is 4.48. The number of aliphatic carboxylic acids is 1. The van der Waals surface area contributed by atoms with Crippen molar-refractivity contribution in [2.45, 2.75) is 25.4 Å². The van der Waals surface area contributed by atoms with Crippen molar-refractivity contribution < 1.29 is 14.7 Å². The third-order valence-electron chi connectivity index (χ3n) is 2.86. The van der Waals surface area contributed by atoms with Crippen LogP contribution in [0, 0.1) is 0 Å². The number of nitrogens with zero attached hydrogens (tertiary/aromatic N) is 1. The number of hydrogen-bond acceptors (Lipinski definition) is 2. The van der Waals surface area contributed by atoms with Gasteiger partial charge in [0.05, 0.1) is 0 Å². The summed E-state index contributed by atoms with van der Waals surface area (Å²) in [6.07, 6.45) is 0.687. The van der Waals surface area contributed by atoms with E-state index in [-0.39, 0.29) is 5.91 Å². The smallest absolute Gasteiger partial charge is 0.326 e. The molecular weight excluding hydrogens is 242 g/mol. The first-order chi connectivity index (χ1) is 8.08. The minimum atomic E-state index is -0.946. The van der Waals surface area contributed by atoms with Gasteiger partial charge in [-0.1, -0.05) is 23.7 Å². The van der Waals surface area contributed by atoms with Crippen LogP contribution in [0.5, 0.6) is 0 Å². The Kier molecular flexibility index (Phi) is 3.33. The molecule has 0 radical (unpaired) electrons. The van der Waals surface area contributed by atoms with Crippen LogP contribution in [0.2, 0.25) is 5.02 Å². The van der Waals surface area contributed by atoms with E-state index in [9.17, 15) is 9.59 Å². The zero-order chi connectivity index (χ0) is 12.4. The predicted octanol–water partition coefficient (Wildman–Crippen LogP) is 1.92. The molecule has 1 atom stereocenters. The number of carboxylic acid groups (broad SMARTS) is 1. The number of benzene rings is 1. The summed E-state index contributed by atoms with van der Waals surface area (Å²) in [5, 5.41) is 9.60. The number of halogens is 1. The third kappa shape index (κ3) is 2.58. The highest BCUT2D eigenvalue weighted by Crippen LogP contribution is 2.22. The van der Waals surface area contributed by atoms with Crippen LogP contribution in [0.25, 0.3) is 0 Å². The minimum absolute atomic E-state index is 0.114. The van der Waals surface area contributed by atoms with Gasteiger partial charge in [0.15, 0.2) is 0 Å². The van der Waals surface area contributed by atoms with E-state index in [1.807, 2.05) is 6.07 Å². The quantitative estimate of drug-likeness (QED) is 0.895. The minimum Gasteiger partial charge on any atom is -0.480 e. The number of rotatable bonds is 3. The summed E-state index contributed by atoms with van der Waals surface area (Å²) >= 11 is 5.85. The number of amides is 1. The van der Waals surface area contributed by atoms with E-state index in [4.69, 9.17) is 16.7 Å². The molecule has 0 saturated carbocycles. The first-order valence-electron chi connectivity index (χ1n) is 5.34. The predicted molar refractivity (Wildman–Crippen MR) is 62.7 cm³/mol. The van der Waals surface area contributed by atoms with Gasteiger partial charge in [0.2, 0.25) is 5.91 Å². The fourth-order valence-corrected chi connectivity index (χ4v) is 2.23. The maximum atomic E-state index is 11.6. The molecule has 1 fully saturated rings. The summed E-state index contributed by atoms with van der Waals surface area (Å²) < 4.78 is 0. The molecule has 1 aromatic carbocycles. The van der Waals surface area contributed by atoms with E-state index in [0.29, 0.717) is 24.4 Å². The van der Waals surface area contributed by atoms with Crippen LogP contribution in [0.1, 0.15) is 18.4 Å². The number of carbonyl (C=O) groups excluding carboxylic acids is 1. The van der Waals surface area contributed by atoms with Crippen molar-refractivity contribution in [3.63, 3.8) is 0 Å². The average molecular weight is 254 g/mol. The van der Waals surface area contributed by atoms with E-state index >= 15 is 0 Å². The Morgan fingerprint density at radius 3 is 2.94 bits per heavy atom. The largest absolute Gasteiger partial charge is 0.480 e. The topological polar surface area (TPSA) is 57.6 Å². The summed E-state index contributed by atoms with van der Waals surface area (Å²) in [5.41, 5.74) is 0.846. The van der Waals surface area contributed by atoms with Gasteiger partial charge < -0.3 is 10.0 Å². The second kappa shape index (κ2) is 4.75. The summed E-state index contributed by atoms with van der Waals surface area (Å²) in [6.45, 7) is 0.302. The number of hydrogen-bond donors (Lipinski definition) is 1. The zero-order valence-corrected chi connectivity index (χ0v) is 9.85. The van der Waals surface area contributed by atoms with Crippen molar-refractivity contribution in [1.29, 1.82) is 0 Å². The van der Waals surface area contributed by atoms with Crippen molar-refractivity contribution in [3.8, 4) is 0 Å². The molecule has 1 heterocycles. The van der Waals surface area contributed by atoms with Crippen molar-refractivity contribution in [3.05, 3.63) is 34.9 Å². The molecule has 1 aromatic rings. The van der Waals surface area contributed by atoms with Gasteiger partial charge in [-0.25, -0.2) is 4.79 Å². The van der Waals surface area contributed by atoms with Gasteiger partial charge >= 0.3 is 5.97 Å². The van der Waals surface area contributed by atoms with Crippen LogP contribution in [0.4, 0.5) is 0 Å². The number of carbonyl (C=O) groups is 2. The summed E-state index contributed by atoms with van der Waals surface area (Å²) in [5.74, 6) is -1.06. The molecule has 5 heteroatoms. The highest BCUT2D eigenvalue weighted by Gasteiger charge is 2.35. The van der Waals surface area contributed by atoms with Crippen LogP contribution < -0.4 is 0 Å². The third-order valence-corrected chi connectivity index (χ3v) is 3.09. The maximum absolute atomic E-state index is 11.6. The molecule has 0 aromatic heterocycles. The summed E-state index contributed by atoms with van der Waals surface area (Å²) in [6, 6.07) is 6.39. The van der Waals surface area contributed by atoms with Gasteiger partial charge in [-0.05, 0) is 24.1 Å². The lowest BCUT2D eigenvalue weighted by Crippen LogP contribution is -2.37. The lowest BCUT2D eigenvalue weighted by atomic mass is 10.2. The first-order valence-corrected chi connectivity index (χ1v) is 5.72. The molecule has 4 nitrogen and oxygen atoms in total. The van der Waals surface area contributed by atoms with Crippen molar-refractivity contribution in [1.82, 2.24) is 4.90 Å². The monoisotopic (exact) mass is 253 g/mol. The fraction of sp³-hybridized carbons (Fsp3) is 0.333. The fourth-order valence-electron chi connectivity index (χ4n) is 2.02. The Hall–Kier alpha value is -1.55. The number of likely N-dealkylation sites (tertiary alicyclic amines) is 1.